The van der Waals surface area contributed by atoms with Gasteiger partial charge in [-0.2, -0.15) is 13.2 Å². The predicted molar refractivity (Wildman–Crippen MR) is 52.1 cm³/mol. The molecule has 0 aliphatic rings. The number of rotatable bonds is 3. The van der Waals surface area contributed by atoms with Crippen LogP contribution in [-0.2, 0) is 14.3 Å². The summed E-state index contributed by atoms with van der Waals surface area (Å²) in [5, 5.41) is 0. The third-order valence-corrected chi connectivity index (χ3v) is 1.50. The molecule has 0 spiro atoms. The van der Waals surface area contributed by atoms with Crippen LogP contribution in [0.1, 0.15) is 20.8 Å². The van der Waals surface area contributed by atoms with Gasteiger partial charge < -0.3 is 9.47 Å². The summed E-state index contributed by atoms with van der Waals surface area (Å²) in [6, 6.07) is 0. The van der Waals surface area contributed by atoms with E-state index in [-0.39, 0.29) is 18.6 Å². The minimum absolute atomic E-state index is 0.0219. The molecular weight excluding hydrogens is 241 g/mol. The van der Waals surface area contributed by atoms with E-state index < -0.39 is 23.9 Å². The van der Waals surface area contributed by atoms with Crippen molar-refractivity contribution in [1.29, 1.82) is 0 Å². The summed E-state index contributed by atoms with van der Waals surface area (Å²) in [5.74, 6) is -1.38. The Bertz CT molecular complexity index is 318. The Hall–Kier alpha value is -1.53. The molecule has 0 saturated heterocycles. The molecule has 7 heteroatoms. The summed E-state index contributed by atoms with van der Waals surface area (Å²) in [6.45, 7) is 4.22. The lowest BCUT2D eigenvalue weighted by Crippen LogP contribution is -2.17. The minimum atomic E-state index is -4.62. The van der Waals surface area contributed by atoms with E-state index in [4.69, 9.17) is 0 Å². The van der Waals surface area contributed by atoms with Gasteiger partial charge in [-0.3, -0.25) is 0 Å². The maximum atomic E-state index is 12.0. The van der Waals surface area contributed by atoms with Crippen molar-refractivity contribution in [3.63, 3.8) is 0 Å². The standard InChI is InChI=1S/C10H13F3O4/c1-6(2)5-16-9(15)17-8(14)4-7(3)10(11,12)13/h4,6H,5H2,1-3H3/b7-4-. The van der Waals surface area contributed by atoms with Crippen LogP contribution in [-0.4, -0.2) is 24.9 Å². The molecule has 0 aromatic rings. The predicted octanol–water partition coefficient (Wildman–Crippen LogP) is 2.83. The van der Waals surface area contributed by atoms with E-state index in [2.05, 4.69) is 9.47 Å². The van der Waals surface area contributed by atoms with Crippen LogP contribution >= 0.6 is 0 Å². The Morgan fingerprint density at radius 1 is 1.29 bits per heavy atom. The Labute approximate surface area is 96.4 Å². The molecule has 0 amide bonds. The molecule has 0 heterocycles. The smallest absolute Gasteiger partial charge is 0.434 e. The zero-order valence-corrected chi connectivity index (χ0v) is 9.63. The molecule has 0 aliphatic heterocycles. The third-order valence-electron chi connectivity index (χ3n) is 1.50. The lowest BCUT2D eigenvalue weighted by Gasteiger charge is -2.07. The van der Waals surface area contributed by atoms with E-state index in [1.807, 2.05) is 0 Å². The van der Waals surface area contributed by atoms with Crippen LogP contribution in [0.5, 0.6) is 0 Å². The number of allylic oxidation sites excluding steroid dienone is 1. The average molecular weight is 254 g/mol. The van der Waals surface area contributed by atoms with Crippen molar-refractivity contribution in [2.45, 2.75) is 26.9 Å². The molecular formula is C10H13F3O4. The van der Waals surface area contributed by atoms with Gasteiger partial charge in [0.2, 0.25) is 0 Å². The third kappa shape index (κ3) is 7.37. The van der Waals surface area contributed by atoms with Crippen LogP contribution in [0.3, 0.4) is 0 Å². The number of alkyl halides is 3. The quantitative estimate of drug-likeness (QED) is 0.441. The second-order valence-electron chi connectivity index (χ2n) is 3.70. The molecule has 4 nitrogen and oxygen atoms in total. The van der Waals surface area contributed by atoms with Gasteiger partial charge >= 0.3 is 18.3 Å². The van der Waals surface area contributed by atoms with Crippen molar-refractivity contribution in [1.82, 2.24) is 0 Å². The van der Waals surface area contributed by atoms with Crippen molar-refractivity contribution in [2.75, 3.05) is 6.61 Å². The van der Waals surface area contributed by atoms with Crippen LogP contribution in [0.2, 0.25) is 0 Å². The van der Waals surface area contributed by atoms with Gasteiger partial charge in [-0.05, 0) is 12.8 Å². The molecule has 0 rings (SSSR count). The monoisotopic (exact) mass is 254 g/mol. The molecule has 98 valence electrons. The number of carbonyl (C=O) groups excluding carboxylic acids is 2. The van der Waals surface area contributed by atoms with Gasteiger partial charge in [0.05, 0.1) is 6.61 Å². The number of halogens is 3. The highest BCUT2D eigenvalue weighted by Crippen LogP contribution is 2.24. The number of esters is 1. The topological polar surface area (TPSA) is 52.6 Å². The summed E-state index contributed by atoms with van der Waals surface area (Å²) in [5.41, 5.74) is -1.15. The zero-order valence-electron chi connectivity index (χ0n) is 9.63. The van der Waals surface area contributed by atoms with Gasteiger partial charge in [0, 0.05) is 11.6 Å². The van der Waals surface area contributed by atoms with Gasteiger partial charge in [-0.25, -0.2) is 9.59 Å². The first-order valence-corrected chi connectivity index (χ1v) is 4.77. The van der Waals surface area contributed by atoms with Crippen molar-refractivity contribution < 1.29 is 32.2 Å². The molecule has 17 heavy (non-hydrogen) atoms. The number of hydrogen-bond acceptors (Lipinski definition) is 4. The molecule has 0 radical (unpaired) electrons. The molecule has 0 aliphatic carbocycles. The van der Waals surface area contributed by atoms with E-state index in [1.165, 1.54) is 0 Å². The number of carbonyl (C=O) groups is 2. The van der Waals surface area contributed by atoms with Gasteiger partial charge in [0.1, 0.15) is 0 Å². The molecule has 0 bridgehead atoms. The maximum absolute atomic E-state index is 12.0. The second kappa shape index (κ2) is 6.27. The van der Waals surface area contributed by atoms with E-state index in [1.54, 1.807) is 13.8 Å². The highest BCUT2D eigenvalue weighted by Gasteiger charge is 2.31. The molecule has 0 saturated carbocycles. The lowest BCUT2D eigenvalue weighted by molar-refractivity contribution is -0.135. The van der Waals surface area contributed by atoms with Gasteiger partial charge in [-0.1, -0.05) is 13.8 Å². The first kappa shape index (κ1) is 15.5. The fraction of sp³-hybridized carbons (Fsp3) is 0.600. The fourth-order valence-corrected chi connectivity index (χ4v) is 0.634. The van der Waals surface area contributed by atoms with E-state index in [0.29, 0.717) is 6.92 Å². The van der Waals surface area contributed by atoms with Crippen molar-refractivity contribution in [3.8, 4) is 0 Å². The largest absolute Gasteiger partial charge is 0.516 e. The van der Waals surface area contributed by atoms with Crippen LogP contribution in [0.15, 0.2) is 11.6 Å². The van der Waals surface area contributed by atoms with Gasteiger partial charge in [0.15, 0.2) is 0 Å². The summed E-state index contributed by atoms with van der Waals surface area (Å²) in [6.07, 6.45) is -5.74. The molecule has 0 atom stereocenters. The van der Waals surface area contributed by atoms with Crippen LogP contribution < -0.4 is 0 Å². The summed E-state index contributed by atoms with van der Waals surface area (Å²) in [7, 11) is 0. The molecule has 0 N–H and O–H groups in total. The highest BCUT2D eigenvalue weighted by molar-refractivity contribution is 5.90. The molecule has 0 aromatic carbocycles. The maximum Gasteiger partial charge on any atom is 0.516 e. The Morgan fingerprint density at radius 2 is 1.82 bits per heavy atom. The molecule has 0 aromatic heterocycles. The van der Waals surface area contributed by atoms with Gasteiger partial charge in [0.25, 0.3) is 0 Å². The van der Waals surface area contributed by atoms with Crippen molar-refractivity contribution in [3.05, 3.63) is 11.6 Å². The fourth-order valence-electron chi connectivity index (χ4n) is 0.634. The van der Waals surface area contributed by atoms with Crippen LogP contribution in [0.25, 0.3) is 0 Å². The molecule has 0 fully saturated rings. The van der Waals surface area contributed by atoms with E-state index >= 15 is 0 Å². The minimum Gasteiger partial charge on any atom is -0.434 e. The lowest BCUT2D eigenvalue weighted by atomic mass is 10.2. The van der Waals surface area contributed by atoms with Crippen molar-refractivity contribution in [2.24, 2.45) is 5.92 Å². The SMILES string of the molecule is C/C(=C/C(=O)OC(=O)OCC(C)C)C(F)(F)F. The summed E-state index contributed by atoms with van der Waals surface area (Å²) in [4.78, 5) is 21.7. The number of hydrogen-bond donors (Lipinski definition) is 0. The zero-order chi connectivity index (χ0) is 13.6. The van der Waals surface area contributed by atoms with Crippen LogP contribution in [0, 0.1) is 5.92 Å². The van der Waals surface area contributed by atoms with E-state index in [0.717, 1.165) is 0 Å². The first-order valence-electron chi connectivity index (χ1n) is 4.77. The second-order valence-corrected chi connectivity index (χ2v) is 3.70. The van der Waals surface area contributed by atoms with Crippen LogP contribution in [0.4, 0.5) is 18.0 Å². The summed E-state index contributed by atoms with van der Waals surface area (Å²) < 4.78 is 44.5. The average Bonchev–Trinajstić information content (AvgIpc) is 2.12. The van der Waals surface area contributed by atoms with Gasteiger partial charge in [-0.15, -0.1) is 0 Å². The Balaban J connectivity index is 4.24. The van der Waals surface area contributed by atoms with Crippen molar-refractivity contribution >= 4 is 12.1 Å². The Morgan fingerprint density at radius 3 is 2.24 bits per heavy atom. The normalized spacial score (nSPS) is 12.5. The first-order chi connectivity index (χ1) is 7.62. The highest BCUT2D eigenvalue weighted by atomic mass is 19.4. The Kier molecular flexibility index (Phi) is 5.70. The summed E-state index contributed by atoms with van der Waals surface area (Å²) >= 11 is 0. The number of ether oxygens (including phenoxy) is 2. The van der Waals surface area contributed by atoms with E-state index in [9.17, 15) is 22.8 Å². The molecule has 0 unspecified atom stereocenters.